The zero-order valence-corrected chi connectivity index (χ0v) is 20.0. The first-order chi connectivity index (χ1) is 17.0. The summed E-state index contributed by atoms with van der Waals surface area (Å²) in [5.41, 5.74) is 4.90. The third-order valence-corrected chi connectivity index (χ3v) is 6.27. The molecule has 4 aromatic rings. The van der Waals surface area contributed by atoms with Crippen LogP contribution in [-0.4, -0.2) is 48.0 Å². The van der Waals surface area contributed by atoms with E-state index in [2.05, 4.69) is 5.32 Å². The number of benzene rings is 3. The van der Waals surface area contributed by atoms with Gasteiger partial charge in [-0.3, -0.25) is 9.59 Å². The minimum absolute atomic E-state index is 0.0700. The Morgan fingerprint density at radius 1 is 0.971 bits per heavy atom. The number of amides is 2. The van der Waals surface area contributed by atoms with E-state index in [4.69, 9.17) is 21.3 Å². The molecule has 0 aliphatic carbocycles. The highest BCUT2D eigenvalue weighted by molar-refractivity contribution is 6.30. The molecule has 1 aliphatic heterocycles. The summed E-state index contributed by atoms with van der Waals surface area (Å²) in [7, 11) is 0. The number of nitrogens with zero attached hydrogens (tertiary/aromatic N) is 2. The van der Waals surface area contributed by atoms with E-state index >= 15 is 0 Å². The molecule has 0 saturated carbocycles. The number of aromatic nitrogens is 1. The highest BCUT2D eigenvalue weighted by atomic mass is 35.5. The molecular formula is C28H24ClN3O3. The topological polar surface area (TPSA) is 71.5 Å². The van der Waals surface area contributed by atoms with Gasteiger partial charge in [-0.1, -0.05) is 41.4 Å². The molecular weight excluding hydrogens is 462 g/mol. The molecule has 1 fully saturated rings. The Hall–Kier alpha value is -3.74. The molecule has 0 unspecified atom stereocenters. The molecule has 35 heavy (non-hydrogen) atoms. The van der Waals surface area contributed by atoms with Gasteiger partial charge in [0.05, 0.1) is 30.0 Å². The normalized spacial score (nSPS) is 13.6. The van der Waals surface area contributed by atoms with Crippen LogP contribution in [0.3, 0.4) is 0 Å². The lowest BCUT2D eigenvalue weighted by Crippen LogP contribution is -2.40. The van der Waals surface area contributed by atoms with Crippen molar-refractivity contribution in [1.82, 2.24) is 9.88 Å². The standard InChI is InChI=1S/C28H24ClN3O3/c1-18-5-10-25-23(15-18)24(17-26(31-25)19-6-8-21(29)9-7-19)27(33)30-22-4-2-3-20(16-22)28(34)32-11-13-35-14-12-32/h2-10,15-17H,11-14H2,1H3,(H,30,33). The van der Waals surface area contributed by atoms with Crippen molar-refractivity contribution in [3.8, 4) is 11.3 Å². The predicted octanol–water partition coefficient (Wildman–Crippen LogP) is 5.59. The molecule has 0 radical (unpaired) electrons. The lowest BCUT2D eigenvalue weighted by Gasteiger charge is -2.27. The maximum absolute atomic E-state index is 13.5. The van der Waals surface area contributed by atoms with Crippen molar-refractivity contribution >= 4 is 40.0 Å². The second-order valence-corrected chi connectivity index (χ2v) is 8.96. The van der Waals surface area contributed by atoms with Crippen LogP contribution in [-0.2, 0) is 4.74 Å². The predicted molar refractivity (Wildman–Crippen MR) is 138 cm³/mol. The molecule has 7 heteroatoms. The monoisotopic (exact) mass is 485 g/mol. The van der Waals surface area contributed by atoms with Crippen molar-refractivity contribution in [3.05, 3.63) is 94.5 Å². The summed E-state index contributed by atoms with van der Waals surface area (Å²) in [6.07, 6.45) is 0. The van der Waals surface area contributed by atoms with E-state index in [1.807, 2.05) is 37.3 Å². The third-order valence-electron chi connectivity index (χ3n) is 6.01. The number of aryl methyl sites for hydroxylation is 1. The maximum Gasteiger partial charge on any atom is 0.256 e. The number of pyridine rings is 1. The van der Waals surface area contributed by atoms with Crippen molar-refractivity contribution in [2.24, 2.45) is 0 Å². The second-order valence-electron chi connectivity index (χ2n) is 8.52. The van der Waals surface area contributed by atoms with Gasteiger partial charge >= 0.3 is 0 Å². The van der Waals surface area contributed by atoms with E-state index in [0.717, 1.165) is 22.0 Å². The Morgan fingerprint density at radius 2 is 1.74 bits per heavy atom. The van der Waals surface area contributed by atoms with Crippen LogP contribution in [0.2, 0.25) is 5.02 Å². The van der Waals surface area contributed by atoms with Gasteiger partial charge < -0.3 is 15.0 Å². The minimum atomic E-state index is -0.269. The van der Waals surface area contributed by atoms with E-state index < -0.39 is 0 Å². The number of ether oxygens (including phenoxy) is 1. The summed E-state index contributed by atoms with van der Waals surface area (Å²) >= 11 is 6.05. The molecule has 2 heterocycles. The summed E-state index contributed by atoms with van der Waals surface area (Å²) in [6, 6.07) is 22.0. The molecule has 1 aromatic heterocycles. The van der Waals surface area contributed by atoms with Gasteiger partial charge in [-0.15, -0.1) is 0 Å². The van der Waals surface area contributed by atoms with Gasteiger partial charge in [-0.2, -0.15) is 0 Å². The highest BCUT2D eigenvalue weighted by Crippen LogP contribution is 2.27. The van der Waals surface area contributed by atoms with Gasteiger partial charge in [0.25, 0.3) is 11.8 Å². The maximum atomic E-state index is 13.5. The smallest absolute Gasteiger partial charge is 0.256 e. The van der Waals surface area contributed by atoms with Crippen molar-refractivity contribution in [1.29, 1.82) is 0 Å². The van der Waals surface area contributed by atoms with Gasteiger partial charge in [-0.05, 0) is 55.5 Å². The summed E-state index contributed by atoms with van der Waals surface area (Å²) < 4.78 is 5.34. The van der Waals surface area contributed by atoms with Crippen LogP contribution in [0, 0.1) is 6.92 Å². The van der Waals surface area contributed by atoms with E-state index in [-0.39, 0.29) is 11.8 Å². The average Bonchev–Trinajstić information content (AvgIpc) is 2.88. The molecule has 6 nitrogen and oxygen atoms in total. The Kier molecular flexibility index (Phi) is 6.49. The molecule has 5 rings (SSSR count). The van der Waals surface area contributed by atoms with Gasteiger partial charge in [0.15, 0.2) is 0 Å². The molecule has 3 aromatic carbocycles. The summed E-state index contributed by atoms with van der Waals surface area (Å²) in [6.45, 7) is 4.17. The number of morpholine rings is 1. The number of anilines is 1. The first-order valence-corrected chi connectivity index (χ1v) is 11.8. The van der Waals surface area contributed by atoms with Gasteiger partial charge in [-0.25, -0.2) is 4.98 Å². The number of hydrogen-bond acceptors (Lipinski definition) is 4. The van der Waals surface area contributed by atoms with E-state index in [1.54, 1.807) is 47.4 Å². The number of hydrogen-bond donors (Lipinski definition) is 1. The molecule has 2 amide bonds. The lowest BCUT2D eigenvalue weighted by molar-refractivity contribution is 0.0303. The fourth-order valence-corrected chi connectivity index (χ4v) is 4.30. The third kappa shape index (κ3) is 5.04. The second kappa shape index (κ2) is 9.86. The van der Waals surface area contributed by atoms with Crippen LogP contribution in [0.4, 0.5) is 5.69 Å². The van der Waals surface area contributed by atoms with E-state index in [1.165, 1.54) is 0 Å². The molecule has 176 valence electrons. The number of fused-ring (bicyclic) bond motifs is 1. The summed E-state index contributed by atoms with van der Waals surface area (Å²) in [4.78, 5) is 32.9. The van der Waals surface area contributed by atoms with Gasteiger partial charge in [0.2, 0.25) is 0 Å². The summed E-state index contributed by atoms with van der Waals surface area (Å²) in [5.74, 6) is -0.339. The van der Waals surface area contributed by atoms with Crippen LogP contribution in [0.5, 0.6) is 0 Å². The Balaban J connectivity index is 1.48. The summed E-state index contributed by atoms with van der Waals surface area (Å²) in [5, 5.41) is 4.37. The van der Waals surface area contributed by atoms with E-state index in [9.17, 15) is 9.59 Å². The van der Waals surface area contributed by atoms with Gasteiger partial charge in [0, 0.05) is 40.3 Å². The minimum Gasteiger partial charge on any atom is -0.378 e. The van der Waals surface area contributed by atoms with E-state index in [0.29, 0.717) is 53.8 Å². The molecule has 0 spiro atoms. The first kappa shape index (κ1) is 23.0. The van der Waals surface area contributed by atoms with Crippen molar-refractivity contribution in [3.63, 3.8) is 0 Å². The molecule has 1 saturated heterocycles. The number of carbonyl (C=O) groups excluding carboxylic acids is 2. The van der Waals surface area contributed by atoms with Crippen LogP contribution < -0.4 is 5.32 Å². The lowest BCUT2D eigenvalue weighted by atomic mass is 10.0. The SMILES string of the molecule is Cc1ccc2nc(-c3ccc(Cl)cc3)cc(C(=O)Nc3cccc(C(=O)N4CCOCC4)c3)c2c1. The quantitative estimate of drug-likeness (QED) is 0.409. The van der Waals surface area contributed by atoms with Crippen molar-refractivity contribution in [2.75, 3.05) is 31.6 Å². The van der Waals surface area contributed by atoms with Gasteiger partial charge in [0.1, 0.15) is 0 Å². The van der Waals surface area contributed by atoms with Crippen LogP contribution in [0.25, 0.3) is 22.2 Å². The fraction of sp³-hybridized carbons (Fsp3) is 0.179. The first-order valence-electron chi connectivity index (χ1n) is 11.4. The largest absolute Gasteiger partial charge is 0.378 e. The van der Waals surface area contributed by atoms with Crippen LogP contribution in [0.1, 0.15) is 26.3 Å². The number of halogens is 1. The number of nitrogens with one attached hydrogen (secondary N) is 1. The van der Waals surface area contributed by atoms with Crippen molar-refractivity contribution in [2.45, 2.75) is 6.92 Å². The highest BCUT2D eigenvalue weighted by Gasteiger charge is 2.20. The van der Waals surface area contributed by atoms with Crippen LogP contribution in [0.15, 0.2) is 72.8 Å². The molecule has 1 N–H and O–H groups in total. The van der Waals surface area contributed by atoms with Crippen molar-refractivity contribution < 1.29 is 14.3 Å². The Labute approximate surface area is 208 Å². The molecule has 0 bridgehead atoms. The number of carbonyl (C=O) groups is 2. The zero-order valence-electron chi connectivity index (χ0n) is 19.3. The molecule has 1 aliphatic rings. The Morgan fingerprint density at radius 3 is 2.51 bits per heavy atom. The zero-order chi connectivity index (χ0) is 24.4. The fourth-order valence-electron chi connectivity index (χ4n) is 4.17. The van der Waals surface area contributed by atoms with Crippen LogP contribution >= 0.6 is 11.6 Å². The number of rotatable bonds is 4. The average molecular weight is 486 g/mol. The molecule has 0 atom stereocenters. The Bertz CT molecular complexity index is 1410.